The molecular weight excluding hydrogens is 294 g/mol. The third-order valence-electron chi connectivity index (χ3n) is 3.45. The molecule has 0 saturated carbocycles. The van der Waals surface area contributed by atoms with Gasteiger partial charge in [-0.25, -0.2) is 13.4 Å². The predicted octanol–water partition coefficient (Wildman–Crippen LogP) is 1.51. The minimum Gasteiger partial charge on any atom is -0.347 e. The summed E-state index contributed by atoms with van der Waals surface area (Å²) in [5.74, 6) is 1.19. The Balaban J connectivity index is 1.91. The van der Waals surface area contributed by atoms with Crippen molar-refractivity contribution in [3.8, 4) is 0 Å². The fourth-order valence-electron chi connectivity index (χ4n) is 2.26. The van der Waals surface area contributed by atoms with E-state index in [9.17, 15) is 8.42 Å². The van der Waals surface area contributed by atoms with E-state index in [1.54, 1.807) is 11.3 Å². The van der Waals surface area contributed by atoms with Gasteiger partial charge in [-0.05, 0) is 18.9 Å². The van der Waals surface area contributed by atoms with E-state index >= 15 is 0 Å². The molecule has 0 bridgehead atoms. The van der Waals surface area contributed by atoms with E-state index < -0.39 is 9.84 Å². The van der Waals surface area contributed by atoms with E-state index in [0.29, 0.717) is 18.1 Å². The van der Waals surface area contributed by atoms with E-state index in [2.05, 4.69) is 24.1 Å². The van der Waals surface area contributed by atoms with Gasteiger partial charge in [-0.3, -0.25) is 0 Å². The Morgan fingerprint density at radius 2 is 2.30 bits per heavy atom. The van der Waals surface area contributed by atoms with Crippen LogP contribution in [0.3, 0.4) is 0 Å². The molecule has 0 aromatic carbocycles. The second-order valence-electron chi connectivity index (χ2n) is 5.80. The summed E-state index contributed by atoms with van der Waals surface area (Å²) < 4.78 is 23.1. The molecule has 1 N–H and O–H groups in total. The monoisotopic (exact) mass is 317 g/mol. The normalized spacial score (nSPS) is 21.5. The van der Waals surface area contributed by atoms with E-state index in [1.165, 1.54) is 4.88 Å². The van der Waals surface area contributed by atoms with Crippen molar-refractivity contribution in [2.24, 2.45) is 5.92 Å². The molecule has 2 rings (SSSR count). The molecule has 7 heteroatoms. The van der Waals surface area contributed by atoms with Gasteiger partial charge >= 0.3 is 0 Å². The molecule has 1 aromatic rings. The molecule has 1 aliphatic rings. The van der Waals surface area contributed by atoms with Crippen LogP contribution in [0.2, 0.25) is 0 Å². The Morgan fingerprint density at radius 1 is 1.55 bits per heavy atom. The number of hydrogen-bond acceptors (Lipinski definition) is 6. The van der Waals surface area contributed by atoms with Crippen molar-refractivity contribution in [1.82, 2.24) is 10.3 Å². The maximum Gasteiger partial charge on any atom is 0.185 e. The lowest BCUT2D eigenvalue weighted by Gasteiger charge is -2.22. The zero-order valence-electron chi connectivity index (χ0n) is 12.3. The molecule has 0 radical (unpaired) electrons. The molecule has 114 valence electrons. The molecule has 1 aliphatic heterocycles. The van der Waals surface area contributed by atoms with Gasteiger partial charge in [0.05, 0.1) is 11.5 Å². The first kappa shape index (κ1) is 15.7. The maximum atomic E-state index is 11.5. The number of anilines is 1. The summed E-state index contributed by atoms with van der Waals surface area (Å²) >= 11 is 1.64. The van der Waals surface area contributed by atoms with Crippen LogP contribution in [0.15, 0.2) is 6.20 Å². The van der Waals surface area contributed by atoms with Gasteiger partial charge in [0.2, 0.25) is 0 Å². The van der Waals surface area contributed by atoms with Crippen molar-refractivity contribution >= 4 is 26.3 Å². The number of hydrogen-bond donors (Lipinski definition) is 1. The highest BCUT2D eigenvalue weighted by Crippen LogP contribution is 2.27. The van der Waals surface area contributed by atoms with Crippen molar-refractivity contribution in [1.29, 1.82) is 0 Å². The standard InChI is InChI=1S/C13H23N3O2S2/c1-10(2)6-14-7-12-8-15-13(19-12)16(3)11-4-5-20(17,18)9-11/h8,10-11,14H,4-7,9H2,1-3H3. The average Bonchev–Trinajstić information content (AvgIpc) is 2.94. The van der Waals surface area contributed by atoms with E-state index in [0.717, 1.165) is 18.2 Å². The lowest BCUT2D eigenvalue weighted by Crippen LogP contribution is -2.32. The lowest BCUT2D eigenvalue weighted by atomic mass is 10.2. The summed E-state index contributed by atoms with van der Waals surface area (Å²) in [6.07, 6.45) is 2.59. The smallest absolute Gasteiger partial charge is 0.185 e. The molecule has 1 fully saturated rings. The minimum absolute atomic E-state index is 0.0719. The molecule has 1 atom stereocenters. The van der Waals surface area contributed by atoms with E-state index in [-0.39, 0.29) is 11.8 Å². The molecule has 1 saturated heterocycles. The molecule has 0 spiro atoms. The van der Waals surface area contributed by atoms with Gasteiger partial charge in [-0.1, -0.05) is 13.8 Å². The van der Waals surface area contributed by atoms with Gasteiger partial charge in [0.15, 0.2) is 15.0 Å². The van der Waals surface area contributed by atoms with Crippen LogP contribution in [0, 0.1) is 5.92 Å². The highest BCUT2D eigenvalue weighted by molar-refractivity contribution is 7.91. The molecule has 1 unspecified atom stereocenters. The predicted molar refractivity (Wildman–Crippen MR) is 84.1 cm³/mol. The molecule has 1 aromatic heterocycles. The van der Waals surface area contributed by atoms with E-state index in [1.807, 2.05) is 18.1 Å². The third kappa shape index (κ3) is 4.17. The average molecular weight is 317 g/mol. The molecule has 20 heavy (non-hydrogen) atoms. The number of thiazole rings is 1. The Bertz CT molecular complexity index is 540. The van der Waals surface area contributed by atoms with E-state index in [4.69, 9.17) is 0 Å². The van der Waals surface area contributed by atoms with Crippen LogP contribution >= 0.6 is 11.3 Å². The van der Waals surface area contributed by atoms with Crippen molar-refractivity contribution in [3.05, 3.63) is 11.1 Å². The fourth-order valence-corrected chi connectivity index (χ4v) is 4.95. The van der Waals surface area contributed by atoms with Crippen molar-refractivity contribution in [3.63, 3.8) is 0 Å². The number of rotatable bonds is 6. The summed E-state index contributed by atoms with van der Waals surface area (Å²) in [4.78, 5) is 7.62. The van der Waals surface area contributed by atoms with Crippen molar-refractivity contribution in [2.45, 2.75) is 32.9 Å². The SMILES string of the molecule is CC(C)CNCc1cnc(N(C)C2CCS(=O)(=O)C2)s1. The van der Waals surface area contributed by atoms with Gasteiger partial charge in [-0.15, -0.1) is 11.3 Å². The third-order valence-corrected chi connectivity index (χ3v) is 6.29. The zero-order valence-corrected chi connectivity index (χ0v) is 13.9. The van der Waals surface area contributed by atoms with Gasteiger partial charge in [0, 0.05) is 30.7 Å². The van der Waals surface area contributed by atoms with Crippen LogP contribution in [-0.2, 0) is 16.4 Å². The molecule has 0 amide bonds. The van der Waals surface area contributed by atoms with Crippen LogP contribution in [0.5, 0.6) is 0 Å². The summed E-state index contributed by atoms with van der Waals surface area (Å²) in [6.45, 7) is 6.18. The molecule has 0 aliphatic carbocycles. The van der Waals surface area contributed by atoms with Crippen LogP contribution in [0.1, 0.15) is 25.1 Å². The molecular formula is C13H23N3O2S2. The van der Waals surface area contributed by atoms with Crippen LogP contribution in [0.4, 0.5) is 5.13 Å². The van der Waals surface area contributed by atoms with Crippen LogP contribution < -0.4 is 10.2 Å². The van der Waals surface area contributed by atoms with Gasteiger partial charge < -0.3 is 10.2 Å². The number of nitrogens with one attached hydrogen (secondary N) is 1. The van der Waals surface area contributed by atoms with Crippen LogP contribution in [-0.4, -0.2) is 44.5 Å². The summed E-state index contributed by atoms with van der Waals surface area (Å²) in [5.41, 5.74) is 0. The molecule has 2 heterocycles. The summed E-state index contributed by atoms with van der Waals surface area (Å²) in [5, 5.41) is 4.30. The van der Waals surface area contributed by atoms with Crippen LogP contribution in [0.25, 0.3) is 0 Å². The zero-order chi connectivity index (χ0) is 14.8. The first-order chi connectivity index (χ1) is 9.37. The summed E-state index contributed by atoms with van der Waals surface area (Å²) in [6, 6.07) is 0.0719. The molecule has 5 nitrogen and oxygen atoms in total. The minimum atomic E-state index is -2.84. The van der Waals surface area contributed by atoms with Crippen molar-refractivity contribution in [2.75, 3.05) is 30.0 Å². The Labute approximate surface area is 125 Å². The maximum absolute atomic E-state index is 11.5. The lowest BCUT2D eigenvalue weighted by molar-refractivity contribution is 0.554. The number of sulfone groups is 1. The highest BCUT2D eigenvalue weighted by atomic mass is 32.2. The quantitative estimate of drug-likeness (QED) is 0.862. The van der Waals surface area contributed by atoms with Gasteiger partial charge in [0.1, 0.15) is 0 Å². The Morgan fingerprint density at radius 3 is 2.90 bits per heavy atom. The first-order valence-electron chi connectivity index (χ1n) is 6.96. The fraction of sp³-hybridized carbons (Fsp3) is 0.769. The second kappa shape index (κ2) is 6.41. The van der Waals surface area contributed by atoms with Crippen molar-refractivity contribution < 1.29 is 8.42 Å². The van der Waals surface area contributed by atoms with Gasteiger partial charge in [0.25, 0.3) is 0 Å². The van der Waals surface area contributed by atoms with Gasteiger partial charge in [-0.2, -0.15) is 0 Å². The Kier molecular flexibility index (Phi) is 5.04. The Hall–Kier alpha value is -0.660. The topological polar surface area (TPSA) is 62.3 Å². The number of aromatic nitrogens is 1. The summed E-state index contributed by atoms with van der Waals surface area (Å²) in [7, 11) is -0.902. The largest absolute Gasteiger partial charge is 0.347 e. The second-order valence-corrected chi connectivity index (χ2v) is 9.12. The highest BCUT2D eigenvalue weighted by Gasteiger charge is 2.31. The first-order valence-corrected chi connectivity index (χ1v) is 9.60. The number of nitrogens with zero attached hydrogens (tertiary/aromatic N) is 2.